The van der Waals surface area contributed by atoms with Crippen LogP contribution in [0.15, 0.2) is 0 Å². The molecular formula is C11H19NO4S. The van der Waals surface area contributed by atoms with Crippen LogP contribution in [0.4, 0.5) is 0 Å². The summed E-state index contributed by atoms with van der Waals surface area (Å²) in [6.07, 6.45) is 0.991. The highest BCUT2D eigenvalue weighted by Gasteiger charge is 2.27. The Labute approximate surface area is 104 Å². The van der Waals surface area contributed by atoms with Gasteiger partial charge in [0.05, 0.1) is 5.92 Å². The highest BCUT2D eigenvalue weighted by molar-refractivity contribution is 7.86. The summed E-state index contributed by atoms with van der Waals surface area (Å²) in [4.78, 5) is 24.1. The van der Waals surface area contributed by atoms with Crippen molar-refractivity contribution in [2.45, 2.75) is 31.9 Å². The average Bonchev–Trinajstić information content (AvgIpc) is 2.28. The Morgan fingerprint density at radius 1 is 1.35 bits per heavy atom. The van der Waals surface area contributed by atoms with Gasteiger partial charge in [0.25, 0.3) is 0 Å². The maximum Gasteiger partial charge on any atom is 0.306 e. The minimum atomic E-state index is -1.13. The normalized spacial score (nSPS) is 19.4. The number of aliphatic carboxylic acids is 1. The number of hydrogen-bond donors (Lipinski definition) is 1. The maximum atomic E-state index is 11.8. The van der Waals surface area contributed by atoms with E-state index >= 15 is 0 Å². The van der Waals surface area contributed by atoms with Crippen LogP contribution in [0, 0.1) is 5.92 Å². The van der Waals surface area contributed by atoms with Crippen molar-refractivity contribution in [3.63, 3.8) is 0 Å². The fourth-order valence-electron chi connectivity index (χ4n) is 1.76. The Balaban J connectivity index is 2.41. The van der Waals surface area contributed by atoms with Crippen molar-refractivity contribution in [3.05, 3.63) is 0 Å². The van der Waals surface area contributed by atoms with Crippen LogP contribution in [0.1, 0.15) is 26.7 Å². The lowest BCUT2D eigenvalue weighted by atomic mass is 9.97. The second-order valence-corrected chi connectivity index (χ2v) is 6.56. The molecule has 1 fully saturated rings. The Morgan fingerprint density at radius 3 is 2.29 bits per heavy atom. The first kappa shape index (κ1) is 14.2. The molecule has 0 aliphatic carbocycles. The van der Waals surface area contributed by atoms with Crippen LogP contribution in [0.3, 0.4) is 0 Å². The molecule has 98 valence electrons. The van der Waals surface area contributed by atoms with Gasteiger partial charge in [-0.25, -0.2) is 0 Å². The molecule has 0 saturated carbocycles. The number of rotatable bonds is 4. The summed E-state index contributed by atoms with van der Waals surface area (Å²) in [7, 11) is -1.13. The highest BCUT2D eigenvalue weighted by atomic mass is 32.2. The lowest BCUT2D eigenvalue weighted by Gasteiger charge is -2.30. The molecular weight excluding hydrogens is 242 g/mol. The largest absolute Gasteiger partial charge is 0.481 e. The summed E-state index contributed by atoms with van der Waals surface area (Å²) in [6, 6.07) is 0. The van der Waals surface area contributed by atoms with Crippen LogP contribution in [0.25, 0.3) is 0 Å². The first-order valence-electron chi connectivity index (χ1n) is 5.79. The highest BCUT2D eigenvalue weighted by Crippen LogP contribution is 2.17. The van der Waals surface area contributed by atoms with Crippen LogP contribution in [-0.4, -0.2) is 50.2 Å². The van der Waals surface area contributed by atoms with Crippen LogP contribution in [-0.2, 0) is 20.4 Å². The van der Waals surface area contributed by atoms with E-state index in [1.54, 1.807) is 4.90 Å². The zero-order valence-corrected chi connectivity index (χ0v) is 11.0. The third kappa shape index (κ3) is 4.11. The number of likely N-dealkylation sites (tertiary alicyclic amines) is 1. The minimum Gasteiger partial charge on any atom is -0.481 e. The molecule has 1 heterocycles. The van der Waals surface area contributed by atoms with Gasteiger partial charge in [0.1, 0.15) is 5.75 Å². The van der Waals surface area contributed by atoms with E-state index in [1.807, 2.05) is 13.8 Å². The number of piperidine rings is 1. The standard InChI is InChI=1S/C11H19NO4S/c1-8(2)17(16)7-10(13)12-5-3-9(4-6-12)11(14)15/h8-9H,3-7H2,1-2H3,(H,14,15). The lowest BCUT2D eigenvalue weighted by molar-refractivity contribution is -0.145. The summed E-state index contributed by atoms with van der Waals surface area (Å²) in [5.74, 6) is -1.20. The van der Waals surface area contributed by atoms with Crippen molar-refractivity contribution < 1.29 is 18.9 Å². The molecule has 0 aromatic heterocycles. The van der Waals surface area contributed by atoms with Gasteiger partial charge in [-0.1, -0.05) is 13.8 Å². The van der Waals surface area contributed by atoms with E-state index in [0.29, 0.717) is 25.9 Å². The second-order valence-electron chi connectivity index (χ2n) is 4.57. The van der Waals surface area contributed by atoms with E-state index in [0.717, 1.165) is 0 Å². The molecule has 0 aromatic carbocycles. The Bertz CT molecular complexity index is 321. The Kier molecular flexibility index (Phi) is 5.11. The van der Waals surface area contributed by atoms with Crippen molar-refractivity contribution in [1.29, 1.82) is 0 Å². The van der Waals surface area contributed by atoms with E-state index in [9.17, 15) is 13.8 Å². The predicted octanol–water partition coefficient (Wildman–Crippen LogP) is 0.467. The van der Waals surface area contributed by atoms with Crippen molar-refractivity contribution in [1.82, 2.24) is 4.90 Å². The molecule has 17 heavy (non-hydrogen) atoms. The number of carboxylic acids is 1. The van der Waals surface area contributed by atoms with Gasteiger partial charge in [0.15, 0.2) is 0 Å². The summed E-state index contributed by atoms with van der Waals surface area (Å²) in [5.41, 5.74) is 0. The molecule has 1 rings (SSSR count). The van der Waals surface area contributed by atoms with Crippen molar-refractivity contribution >= 4 is 22.7 Å². The molecule has 0 radical (unpaired) electrons. The van der Waals surface area contributed by atoms with Crippen molar-refractivity contribution in [2.24, 2.45) is 5.92 Å². The van der Waals surface area contributed by atoms with E-state index in [4.69, 9.17) is 5.11 Å². The Morgan fingerprint density at radius 2 is 1.88 bits per heavy atom. The van der Waals surface area contributed by atoms with Crippen molar-refractivity contribution in [3.8, 4) is 0 Å². The number of carbonyl (C=O) groups is 2. The predicted molar refractivity (Wildman–Crippen MR) is 65.1 cm³/mol. The topological polar surface area (TPSA) is 74.7 Å². The summed E-state index contributed by atoms with van der Waals surface area (Å²) >= 11 is 0. The van der Waals surface area contributed by atoms with Gasteiger partial charge in [-0.15, -0.1) is 0 Å². The van der Waals surface area contributed by atoms with Crippen molar-refractivity contribution in [2.75, 3.05) is 18.8 Å². The number of hydrogen-bond acceptors (Lipinski definition) is 3. The van der Waals surface area contributed by atoms with Gasteiger partial charge >= 0.3 is 5.97 Å². The monoisotopic (exact) mass is 261 g/mol. The number of carbonyl (C=O) groups excluding carboxylic acids is 1. The van der Waals surface area contributed by atoms with Crippen LogP contribution < -0.4 is 0 Å². The molecule has 0 spiro atoms. The zero-order chi connectivity index (χ0) is 13.0. The van der Waals surface area contributed by atoms with Gasteiger partial charge in [-0.05, 0) is 12.8 Å². The molecule has 1 aliphatic rings. The third-order valence-corrected chi connectivity index (χ3v) is 4.57. The first-order valence-corrected chi connectivity index (χ1v) is 7.17. The molecule has 1 amide bonds. The molecule has 1 unspecified atom stereocenters. The fraction of sp³-hybridized carbons (Fsp3) is 0.818. The molecule has 5 nitrogen and oxygen atoms in total. The quantitative estimate of drug-likeness (QED) is 0.798. The SMILES string of the molecule is CC(C)S(=O)CC(=O)N1CCC(C(=O)O)CC1. The number of carboxylic acid groups (broad SMARTS) is 1. The summed E-state index contributed by atoms with van der Waals surface area (Å²) in [6.45, 7) is 4.57. The van der Waals surface area contributed by atoms with Gasteiger partial charge in [0.2, 0.25) is 5.91 Å². The maximum absolute atomic E-state index is 11.8. The molecule has 1 saturated heterocycles. The smallest absolute Gasteiger partial charge is 0.306 e. The second kappa shape index (κ2) is 6.14. The van der Waals surface area contributed by atoms with E-state index < -0.39 is 16.8 Å². The Hall–Kier alpha value is -0.910. The summed E-state index contributed by atoms with van der Waals surface area (Å²) in [5, 5.41) is 8.81. The summed E-state index contributed by atoms with van der Waals surface area (Å²) < 4.78 is 11.5. The third-order valence-electron chi connectivity index (χ3n) is 2.99. The molecule has 1 N–H and O–H groups in total. The molecule has 1 aliphatic heterocycles. The van der Waals surface area contributed by atoms with Crippen LogP contribution in [0.5, 0.6) is 0 Å². The first-order chi connectivity index (χ1) is 7.91. The van der Waals surface area contributed by atoms with Gasteiger partial charge in [-0.3, -0.25) is 13.8 Å². The van der Waals surface area contributed by atoms with E-state index in [-0.39, 0.29) is 22.8 Å². The number of nitrogens with zero attached hydrogens (tertiary/aromatic N) is 1. The zero-order valence-electron chi connectivity index (χ0n) is 10.2. The molecule has 0 bridgehead atoms. The van der Waals surface area contributed by atoms with E-state index in [1.165, 1.54) is 0 Å². The van der Waals surface area contributed by atoms with Gasteiger partial charge < -0.3 is 10.0 Å². The van der Waals surface area contributed by atoms with E-state index in [2.05, 4.69) is 0 Å². The minimum absolute atomic E-state index is 0.0180. The number of amides is 1. The van der Waals surface area contributed by atoms with Crippen LogP contribution in [0.2, 0.25) is 0 Å². The van der Waals surface area contributed by atoms with Gasteiger partial charge in [0, 0.05) is 29.1 Å². The average molecular weight is 261 g/mol. The van der Waals surface area contributed by atoms with Crippen LogP contribution >= 0.6 is 0 Å². The molecule has 1 atom stereocenters. The lowest BCUT2D eigenvalue weighted by Crippen LogP contribution is -2.42. The molecule has 0 aromatic rings. The fourth-order valence-corrected chi connectivity index (χ4v) is 2.51. The van der Waals surface area contributed by atoms with Gasteiger partial charge in [-0.2, -0.15) is 0 Å². The molecule has 6 heteroatoms.